The molecule has 0 radical (unpaired) electrons. The van der Waals surface area contributed by atoms with Gasteiger partial charge in [0.25, 0.3) is 0 Å². The van der Waals surface area contributed by atoms with Gasteiger partial charge in [0.2, 0.25) is 5.91 Å². The summed E-state index contributed by atoms with van der Waals surface area (Å²) in [6, 6.07) is 13.6. The number of anilines is 1. The van der Waals surface area contributed by atoms with Crippen molar-refractivity contribution < 1.29 is 14.3 Å². The first-order valence-corrected chi connectivity index (χ1v) is 8.41. The van der Waals surface area contributed by atoms with Gasteiger partial charge in [0, 0.05) is 17.8 Å². The monoisotopic (exact) mass is 337 g/mol. The zero-order valence-electron chi connectivity index (χ0n) is 14.8. The minimum atomic E-state index is -0.184. The number of hydrogen-bond donors (Lipinski definition) is 1. The van der Waals surface area contributed by atoms with Gasteiger partial charge in [0.1, 0.15) is 13.2 Å². The van der Waals surface area contributed by atoms with Gasteiger partial charge in [0.15, 0.2) is 11.5 Å². The first kappa shape index (κ1) is 17.1. The van der Waals surface area contributed by atoms with Gasteiger partial charge in [-0.05, 0) is 34.8 Å². The fourth-order valence-corrected chi connectivity index (χ4v) is 2.57. The van der Waals surface area contributed by atoms with E-state index in [9.17, 15) is 4.79 Å². The van der Waals surface area contributed by atoms with Crippen LogP contribution in [0.1, 0.15) is 31.9 Å². The number of benzene rings is 2. The molecule has 2 aromatic carbocycles. The largest absolute Gasteiger partial charge is 0.486 e. The van der Waals surface area contributed by atoms with Crippen LogP contribution in [0.15, 0.2) is 48.5 Å². The Morgan fingerprint density at radius 1 is 1.00 bits per heavy atom. The van der Waals surface area contributed by atoms with Crippen LogP contribution in [0.2, 0.25) is 0 Å². The third-order valence-electron chi connectivity index (χ3n) is 4.01. The van der Waals surface area contributed by atoms with Crippen LogP contribution >= 0.6 is 0 Å². The molecule has 0 atom stereocenters. The van der Waals surface area contributed by atoms with Crippen LogP contribution in [0, 0.1) is 0 Å². The fraction of sp³-hybridized carbons (Fsp3) is 0.286. The van der Waals surface area contributed by atoms with Crippen molar-refractivity contribution in [2.45, 2.75) is 26.2 Å². The fourth-order valence-electron chi connectivity index (χ4n) is 2.57. The highest BCUT2D eigenvalue weighted by Gasteiger charge is 2.13. The van der Waals surface area contributed by atoms with Crippen LogP contribution in [-0.2, 0) is 10.2 Å². The predicted molar refractivity (Wildman–Crippen MR) is 100 cm³/mol. The summed E-state index contributed by atoms with van der Waals surface area (Å²) in [6.45, 7) is 7.61. The molecule has 0 aliphatic carbocycles. The summed E-state index contributed by atoms with van der Waals surface area (Å²) in [7, 11) is 0. The molecular weight excluding hydrogens is 314 g/mol. The summed E-state index contributed by atoms with van der Waals surface area (Å²) in [5.41, 5.74) is 3.07. The molecule has 0 saturated heterocycles. The van der Waals surface area contributed by atoms with Crippen molar-refractivity contribution in [2.75, 3.05) is 18.5 Å². The molecule has 1 N–H and O–H groups in total. The second kappa shape index (κ2) is 7.01. The highest BCUT2D eigenvalue weighted by atomic mass is 16.6. The number of amides is 1. The average molecular weight is 337 g/mol. The molecular formula is C21H23NO3. The van der Waals surface area contributed by atoms with Gasteiger partial charge in [-0.15, -0.1) is 0 Å². The minimum absolute atomic E-state index is 0.123. The van der Waals surface area contributed by atoms with E-state index in [4.69, 9.17) is 9.47 Å². The van der Waals surface area contributed by atoms with Crippen molar-refractivity contribution >= 4 is 17.7 Å². The molecule has 0 fully saturated rings. The number of ether oxygens (including phenoxy) is 2. The Labute approximate surface area is 148 Å². The summed E-state index contributed by atoms with van der Waals surface area (Å²) >= 11 is 0. The molecule has 0 unspecified atom stereocenters. The van der Waals surface area contributed by atoms with Gasteiger partial charge in [0.05, 0.1) is 0 Å². The van der Waals surface area contributed by atoms with Crippen molar-refractivity contribution in [3.05, 3.63) is 59.7 Å². The maximum absolute atomic E-state index is 12.1. The molecule has 4 nitrogen and oxygen atoms in total. The maximum Gasteiger partial charge on any atom is 0.248 e. The van der Waals surface area contributed by atoms with E-state index < -0.39 is 0 Å². The molecule has 1 amide bonds. The summed E-state index contributed by atoms with van der Waals surface area (Å²) in [6.07, 6.45) is 3.34. The van der Waals surface area contributed by atoms with Crippen molar-refractivity contribution in [1.29, 1.82) is 0 Å². The van der Waals surface area contributed by atoms with Crippen molar-refractivity contribution in [2.24, 2.45) is 0 Å². The third-order valence-corrected chi connectivity index (χ3v) is 4.01. The summed E-state index contributed by atoms with van der Waals surface area (Å²) < 4.78 is 11.0. The van der Waals surface area contributed by atoms with Gasteiger partial charge < -0.3 is 14.8 Å². The Hall–Kier alpha value is -2.75. The lowest BCUT2D eigenvalue weighted by Gasteiger charge is -2.19. The van der Waals surface area contributed by atoms with Gasteiger partial charge in [-0.3, -0.25) is 4.79 Å². The highest BCUT2D eigenvalue weighted by Crippen LogP contribution is 2.32. The van der Waals surface area contributed by atoms with E-state index in [0.29, 0.717) is 30.4 Å². The SMILES string of the molecule is CC(C)(C)c1ccc(/C=C\C(=O)Nc2ccc3c(c2)OCCO3)cc1. The second-order valence-corrected chi connectivity index (χ2v) is 7.05. The predicted octanol–water partition coefficient (Wildman–Crippen LogP) is 4.41. The van der Waals surface area contributed by atoms with Crippen LogP contribution in [0.3, 0.4) is 0 Å². The Morgan fingerprint density at radius 3 is 2.36 bits per heavy atom. The van der Waals surface area contributed by atoms with E-state index in [1.807, 2.05) is 12.1 Å². The molecule has 4 heteroatoms. The quantitative estimate of drug-likeness (QED) is 0.844. The molecule has 3 rings (SSSR count). The molecule has 1 heterocycles. The molecule has 25 heavy (non-hydrogen) atoms. The van der Waals surface area contributed by atoms with Crippen molar-refractivity contribution in [3.8, 4) is 11.5 Å². The molecule has 1 aliphatic rings. The average Bonchev–Trinajstić information content (AvgIpc) is 2.59. The Balaban J connectivity index is 1.63. The van der Waals surface area contributed by atoms with E-state index in [1.54, 1.807) is 24.3 Å². The number of carbonyl (C=O) groups is 1. The maximum atomic E-state index is 12.1. The molecule has 1 aliphatic heterocycles. The lowest BCUT2D eigenvalue weighted by Crippen LogP contribution is -2.16. The van der Waals surface area contributed by atoms with Crippen LogP contribution in [0.25, 0.3) is 6.08 Å². The Morgan fingerprint density at radius 2 is 1.68 bits per heavy atom. The minimum Gasteiger partial charge on any atom is -0.486 e. The van der Waals surface area contributed by atoms with Crippen LogP contribution in [-0.4, -0.2) is 19.1 Å². The Bertz CT molecular complexity index is 786. The molecule has 130 valence electrons. The van der Waals surface area contributed by atoms with E-state index in [0.717, 1.165) is 5.56 Å². The third kappa shape index (κ3) is 4.41. The number of fused-ring (bicyclic) bond motifs is 1. The highest BCUT2D eigenvalue weighted by molar-refractivity contribution is 6.02. The van der Waals surface area contributed by atoms with Gasteiger partial charge in [-0.2, -0.15) is 0 Å². The zero-order chi connectivity index (χ0) is 17.9. The first-order chi connectivity index (χ1) is 11.9. The van der Waals surface area contributed by atoms with Crippen LogP contribution in [0.5, 0.6) is 11.5 Å². The van der Waals surface area contributed by atoms with Crippen molar-refractivity contribution in [3.63, 3.8) is 0 Å². The molecule has 0 bridgehead atoms. The Kier molecular flexibility index (Phi) is 4.79. The van der Waals surface area contributed by atoms with Crippen LogP contribution in [0.4, 0.5) is 5.69 Å². The van der Waals surface area contributed by atoms with Gasteiger partial charge >= 0.3 is 0 Å². The molecule has 2 aromatic rings. The number of hydrogen-bond acceptors (Lipinski definition) is 3. The van der Waals surface area contributed by atoms with E-state index in [2.05, 4.69) is 38.2 Å². The smallest absolute Gasteiger partial charge is 0.248 e. The number of nitrogens with one attached hydrogen (secondary N) is 1. The van der Waals surface area contributed by atoms with Crippen molar-refractivity contribution in [1.82, 2.24) is 0 Å². The number of carbonyl (C=O) groups excluding carboxylic acids is 1. The second-order valence-electron chi connectivity index (χ2n) is 7.05. The van der Waals surface area contributed by atoms with E-state index >= 15 is 0 Å². The van der Waals surface area contributed by atoms with Crippen LogP contribution < -0.4 is 14.8 Å². The van der Waals surface area contributed by atoms with Gasteiger partial charge in [-0.25, -0.2) is 0 Å². The molecule has 0 saturated carbocycles. The zero-order valence-corrected chi connectivity index (χ0v) is 14.8. The lowest BCUT2D eigenvalue weighted by molar-refractivity contribution is -0.111. The summed E-state index contributed by atoms with van der Waals surface area (Å²) in [5, 5.41) is 2.84. The number of rotatable bonds is 3. The normalized spacial score (nSPS) is 13.7. The molecule has 0 aromatic heterocycles. The topological polar surface area (TPSA) is 47.6 Å². The lowest BCUT2D eigenvalue weighted by atomic mass is 9.87. The standard InChI is InChI=1S/C21H23NO3/c1-21(2,3)16-7-4-15(5-8-16)6-11-20(23)22-17-9-10-18-19(14-17)25-13-12-24-18/h4-11,14H,12-13H2,1-3H3,(H,22,23)/b11-6-. The molecule has 0 spiro atoms. The van der Waals surface area contributed by atoms with E-state index in [-0.39, 0.29) is 11.3 Å². The first-order valence-electron chi connectivity index (χ1n) is 8.41. The summed E-state index contributed by atoms with van der Waals surface area (Å²) in [5.74, 6) is 1.18. The van der Waals surface area contributed by atoms with Gasteiger partial charge in [-0.1, -0.05) is 45.0 Å². The van der Waals surface area contributed by atoms with E-state index in [1.165, 1.54) is 11.6 Å². The summed E-state index contributed by atoms with van der Waals surface area (Å²) in [4.78, 5) is 12.1.